The highest BCUT2D eigenvalue weighted by Gasteiger charge is 2.11. The largest absolute Gasteiger partial charge is 0.323 e. The van der Waals surface area contributed by atoms with E-state index in [0.717, 1.165) is 10.2 Å². The average molecular weight is 366 g/mol. The number of hydrogen-bond acceptors (Lipinski definition) is 5. The summed E-state index contributed by atoms with van der Waals surface area (Å²) in [6, 6.07) is 12.9. The molecule has 0 saturated heterocycles. The predicted octanol–water partition coefficient (Wildman–Crippen LogP) is 2.47. The van der Waals surface area contributed by atoms with Crippen LogP contribution in [0.3, 0.4) is 0 Å². The number of carbonyl (C=O) groups is 1. The highest BCUT2D eigenvalue weighted by Crippen LogP contribution is 2.20. The summed E-state index contributed by atoms with van der Waals surface area (Å²) < 4.78 is 1.06. The molecule has 0 aliphatic carbocycles. The standard InChI is InChI=1S/C18H12ClN5O2/c19-14-2-1-13(10-20)16(9-14)22-17(25)11-24-18(26)4-3-15(23-24)12-5-7-21-8-6-12/h1-9H,11H2,(H,22,25). The first-order chi connectivity index (χ1) is 12.6. The third kappa shape index (κ3) is 3.94. The summed E-state index contributed by atoms with van der Waals surface area (Å²) in [4.78, 5) is 28.2. The van der Waals surface area contributed by atoms with Crippen LogP contribution >= 0.6 is 11.6 Å². The molecule has 8 heteroatoms. The number of nitrogens with zero attached hydrogens (tertiary/aromatic N) is 4. The Morgan fingerprint density at radius 2 is 1.96 bits per heavy atom. The molecule has 3 rings (SSSR count). The summed E-state index contributed by atoms with van der Waals surface area (Å²) in [5.41, 5.74) is 1.46. The third-order valence-corrected chi connectivity index (χ3v) is 3.75. The fourth-order valence-corrected chi connectivity index (χ4v) is 2.45. The zero-order valence-electron chi connectivity index (χ0n) is 13.4. The van der Waals surface area contributed by atoms with Crippen LogP contribution in [0.1, 0.15) is 5.56 Å². The van der Waals surface area contributed by atoms with Crippen molar-refractivity contribution in [1.82, 2.24) is 14.8 Å². The Labute approximate surface area is 153 Å². The van der Waals surface area contributed by atoms with Crippen molar-refractivity contribution in [2.75, 3.05) is 5.32 Å². The molecule has 3 aromatic rings. The second-order valence-electron chi connectivity index (χ2n) is 5.30. The number of nitriles is 1. The number of nitrogens with one attached hydrogen (secondary N) is 1. The number of amides is 1. The van der Waals surface area contributed by atoms with Crippen molar-refractivity contribution in [3.63, 3.8) is 0 Å². The summed E-state index contributed by atoms with van der Waals surface area (Å²) in [6.45, 7) is -0.296. The lowest BCUT2D eigenvalue weighted by atomic mass is 10.2. The minimum atomic E-state index is -0.495. The van der Waals surface area contributed by atoms with Gasteiger partial charge in [0.15, 0.2) is 0 Å². The Morgan fingerprint density at radius 3 is 2.69 bits per heavy atom. The molecule has 2 heterocycles. The van der Waals surface area contributed by atoms with Crippen molar-refractivity contribution in [1.29, 1.82) is 5.26 Å². The molecule has 0 aliphatic rings. The van der Waals surface area contributed by atoms with Crippen LogP contribution in [0.4, 0.5) is 5.69 Å². The van der Waals surface area contributed by atoms with E-state index in [0.29, 0.717) is 10.7 Å². The summed E-state index contributed by atoms with van der Waals surface area (Å²) in [5.74, 6) is -0.495. The van der Waals surface area contributed by atoms with E-state index in [1.165, 1.54) is 18.2 Å². The fourth-order valence-electron chi connectivity index (χ4n) is 2.28. The molecule has 1 aromatic carbocycles. The van der Waals surface area contributed by atoms with Gasteiger partial charge < -0.3 is 5.32 Å². The quantitative estimate of drug-likeness (QED) is 0.765. The zero-order valence-corrected chi connectivity index (χ0v) is 14.1. The molecule has 0 unspecified atom stereocenters. The maximum Gasteiger partial charge on any atom is 0.267 e. The van der Waals surface area contributed by atoms with E-state index in [2.05, 4.69) is 15.4 Å². The summed E-state index contributed by atoms with van der Waals surface area (Å²) >= 11 is 5.90. The lowest BCUT2D eigenvalue weighted by molar-refractivity contribution is -0.117. The van der Waals surface area contributed by atoms with Crippen LogP contribution in [0.2, 0.25) is 5.02 Å². The van der Waals surface area contributed by atoms with Crippen molar-refractivity contribution < 1.29 is 4.79 Å². The second-order valence-corrected chi connectivity index (χ2v) is 5.74. The Morgan fingerprint density at radius 1 is 1.19 bits per heavy atom. The highest BCUT2D eigenvalue weighted by molar-refractivity contribution is 6.31. The Hall–Kier alpha value is -3.50. The van der Waals surface area contributed by atoms with Gasteiger partial charge in [0.2, 0.25) is 5.91 Å². The van der Waals surface area contributed by atoms with Crippen molar-refractivity contribution in [2.45, 2.75) is 6.54 Å². The minimum Gasteiger partial charge on any atom is -0.323 e. The molecule has 0 fully saturated rings. The molecule has 0 bridgehead atoms. The number of halogens is 1. The molecule has 0 atom stereocenters. The summed E-state index contributed by atoms with van der Waals surface area (Å²) in [6.07, 6.45) is 3.23. The molecule has 0 aliphatic heterocycles. The van der Waals surface area contributed by atoms with E-state index < -0.39 is 11.5 Å². The number of pyridine rings is 1. The number of hydrogen-bond donors (Lipinski definition) is 1. The number of aromatic nitrogens is 3. The van der Waals surface area contributed by atoms with Crippen LogP contribution in [0.25, 0.3) is 11.3 Å². The van der Waals surface area contributed by atoms with E-state index in [4.69, 9.17) is 16.9 Å². The average Bonchev–Trinajstić information content (AvgIpc) is 2.64. The summed E-state index contributed by atoms with van der Waals surface area (Å²) in [7, 11) is 0. The Kier molecular flexibility index (Phi) is 5.06. The molecule has 0 radical (unpaired) electrons. The lowest BCUT2D eigenvalue weighted by Crippen LogP contribution is -2.29. The zero-order chi connectivity index (χ0) is 18.5. The highest BCUT2D eigenvalue weighted by atomic mass is 35.5. The van der Waals surface area contributed by atoms with Crippen LogP contribution in [0.15, 0.2) is 59.7 Å². The van der Waals surface area contributed by atoms with E-state index in [1.54, 1.807) is 36.7 Å². The smallest absolute Gasteiger partial charge is 0.267 e. The fraction of sp³-hybridized carbons (Fsp3) is 0.0556. The van der Waals surface area contributed by atoms with Gasteiger partial charge in [-0.05, 0) is 36.4 Å². The van der Waals surface area contributed by atoms with Gasteiger partial charge in [-0.2, -0.15) is 10.4 Å². The van der Waals surface area contributed by atoms with Gasteiger partial charge >= 0.3 is 0 Å². The molecule has 0 saturated carbocycles. The van der Waals surface area contributed by atoms with Crippen molar-refractivity contribution >= 4 is 23.2 Å². The van der Waals surface area contributed by atoms with Crippen LogP contribution < -0.4 is 10.9 Å². The number of benzene rings is 1. The maximum absolute atomic E-state index is 12.3. The van der Waals surface area contributed by atoms with Crippen molar-refractivity contribution in [3.8, 4) is 17.3 Å². The van der Waals surface area contributed by atoms with E-state index in [1.807, 2.05) is 6.07 Å². The molecule has 1 N–H and O–H groups in total. The van der Waals surface area contributed by atoms with Crippen LogP contribution in [-0.4, -0.2) is 20.7 Å². The number of anilines is 1. The lowest BCUT2D eigenvalue weighted by Gasteiger charge is -2.09. The SMILES string of the molecule is N#Cc1ccc(Cl)cc1NC(=O)Cn1nc(-c2ccncc2)ccc1=O. The van der Waals surface area contributed by atoms with E-state index >= 15 is 0 Å². The molecule has 7 nitrogen and oxygen atoms in total. The van der Waals surface area contributed by atoms with Gasteiger partial charge in [0, 0.05) is 29.0 Å². The van der Waals surface area contributed by atoms with Gasteiger partial charge in [-0.1, -0.05) is 11.6 Å². The van der Waals surface area contributed by atoms with E-state index in [-0.39, 0.29) is 17.8 Å². The van der Waals surface area contributed by atoms with Gasteiger partial charge in [-0.15, -0.1) is 0 Å². The molecule has 128 valence electrons. The monoisotopic (exact) mass is 365 g/mol. The first-order valence-corrected chi connectivity index (χ1v) is 7.92. The third-order valence-electron chi connectivity index (χ3n) is 3.51. The maximum atomic E-state index is 12.3. The first-order valence-electron chi connectivity index (χ1n) is 7.55. The van der Waals surface area contributed by atoms with Crippen LogP contribution in [-0.2, 0) is 11.3 Å². The Bertz CT molecular complexity index is 1060. The van der Waals surface area contributed by atoms with Crippen LogP contribution in [0, 0.1) is 11.3 Å². The van der Waals surface area contributed by atoms with Crippen LogP contribution in [0.5, 0.6) is 0 Å². The Balaban J connectivity index is 1.83. The molecule has 2 aromatic heterocycles. The number of rotatable bonds is 4. The van der Waals surface area contributed by atoms with Gasteiger partial charge in [-0.25, -0.2) is 4.68 Å². The van der Waals surface area contributed by atoms with Crippen molar-refractivity contribution in [2.24, 2.45) is 0 Å². The van der Waals surface area contributed by atoms with Gasteiger partial charge in [0.25, 0.3) is 5.56 Å². The minimum absolute atomic E-state index is 0.272. The van der Waals surface area contributed by atoms with Gasteiger partial charge in [0.05, 0.1) is 16.9 Å². The summed E-state index contributed by atoms with van der Waals surface area (Å²) in [5, 5.41) is 16.3. The van der Waals surface area contributed by atoms with Gasteiger partial charge in [0.1, 0.15) is 12.6 Å². The van der Waals surface area contributed by atoms with Crippen molar-refractivity contribution in [3.05, 3.63) is 75.8 Å². The molecular weight excluding hydrogens is 354 g/mol. The number of carbonyl (C=O) groups excluding carboxylic acids is 1. The van der Waals surface area contributed by atoms with E-state index in [9.17, 15) is 9.59 Å². The molecule has 26 heavy (non-hydrogen) atoms. The predicted molar refractivity (Wildman–Crippen MR) is 96.5 cm³/mol. The van der Waals surface area contributed by atoms with Gasteiger partial charge in [-0.3, -0.25) is 14.6 Å². The first kappa shape index (κ1) is 17.3. The molecule has 1 amide bonds. The molecule has 0 spiro atoms. The normalized spacial score (nSPS) is 10.2. The molecular formula is C18H12ClN5O2. The second kappa shape index (κ2) is 7.59. The topological polar surface area (TPSA) is 101 Å².